The molecule has 5 nitrogen and oxygen atoms in total. The highest BCUT2D eigenvalue weighted by molar-refractivity contribution is 5.92. The van der Waals surface area contributed by atoms with Gasteiger partial charge in [0, 0.05) is 31.8 Å². The van der Waals surface area contributed by atoms with Gasteiger partial charge in [0.05, 0.1) is 6.10 Å². The van der Waals surface area contributed by atoms with Crippen molar-refractivity contribution in [2.45, 2.75) is 25.9 Å². The van der Waals surface area contributed by atoms with Crippen LogP contribution in [0.2, 0.25) is 0 Å². The lowest BCUT2D eigenvalue weighted by Crippen LogP contribution is -2.41. The number of hydrogen-bond donors (Lipinski definition) is 2. The molecule has 0 spiro atoms. The van der Waals surface area contributed by atoms with Gasteiger partial charge >= 0.3 is 0 Å². The number of aliphatic hydroxyl groups excluding tert-OH is 1. The zero-order valence-electron chi connectivity index (χ0n) is 12.1. The van der Waals surface area contributed by atoms with Gasteiger partial charge in [-0.3, -0.25) is 9.59 Å². The fourth-order valence-corrected chi connectivity index (χ4v) is 2.31. The molecule has 0 bridgehead atoms. The first-order valence-corrected chi connectivity index (χ1v) is 7.07. The summed E-state index contributed by atoms with van der Waals surface area (Å²) >= 11 is 0. The number of benzene rings is 1. The molecule has 0 radical (unpaired) electrons. The topological polar surface area (TPSA) is 69.6 Å². The molecule has 1 unspecified atom stereocenters. The Labute approximate surface area is 124 Å². The average molecular weight is 288 g/mol. The van der Waals surface area contributed by atoms with Crippen LogP contribution >= 0.6 is 0 Å². The van der Waals surface area contributed by atoms with Gasteiger partial charge in [-0.25, -0.2) is 0 Å². The standard InChI is InChI=1S/C16H20N2O3/c1-12(19)17-14-7-4-13(5-8-14)6-9-16(21)18-10-2-3-15(20)11-18/h4-9,15,20H,2-3,10-11H2,1H3,(H,17,19). The Morgan fingerprint density at radius 1 is 1.33 bits per heavy atom. The van der Waals surface area contributed by atoms with E-state index in [1.807, 2.05) is 12.1 Å². The van der Waals surface area contributed by atoms with Crippen LogP contribution in [0.1, 0.15) is 25.3 Å². The fraction of sp³-hybridized carbons (Fsp3) is 0.375. The molecule has 1 aromatic rings. The summed E-state index contributed by atoms with van der Waals surface area (Å²) in [6, 6.07) is 7.24. The highest BCUT2D eigenvalue weighted by Crippen LogP contribution is 2.13. The molecule has 1 heterocycles. The molecule has 2 rings (SSSR count). The van der Waals surface area contributed by atoms with Gasteiger partial charge < -0.3 is 15.3 Å². The molecule has 0 saturated carbocycles. The van der Waals surface area contributed by atoms with Crippen molar-refractivity contribution < 1.29 is 14.7 Å². The minimum Gasteiger partial charge on any atom is -0.391 e. The summed E-state index contributed by atoms with van der Waals surface area (Å²) in [7, 11) is 0. The lowest BCUT2D eigenvalue weighted by molar-refractivity contribution is -0.128. The normalized spacial score (nSPS) is 18.8. The van der Waals surface area contributed by atoms with Crippen LogP contribution in [0, 0.1) is 0 Å². The predicted octanol–water partition coefficient (Wildman–Crippen LogP) is 1.64. The number of rotatable bonds is 3. The van der Waals surface area contributed by atoms with Crippen LogP contribution in [0.15, 0.2) is 30.3 Å². The first kappa shape index (κ1) is 15.3. The second kappa shape index (κ2) is 7.04. The van der Waals surface area contributed by atoms with E-state index in [0.717, 1.165) is 24.1 Å². The lowest BCUT2D eigenvalue weighted by atomic mass is 10.1. The summed E-state index contributed by atoms with van der Waals surface area (Å²) in [5, 5.41) is 12.3. The summed E-state index contributed by atoms with van der Waals surface area (Å²) < 4.78 is 0. The quantitative estimate of drug-likeness (QED) is 0.831. The SMILES string of the molecule is CC(=O)Nc1ccc(C=CC(=O)N2CCCC(O)C2)cc1. The van der Waals surface area contributed by atoms with E-state index in [4.69, 9.17) is 0 Å². The summed E-state index contributed by atoms with van der Waals surface area (Å²) in [6.45, 7) is 2.56. The van der Waals surface area contributed by atoms with Gasteiger partial charge in [-0.2, -0.15) is 0 Å². The molecular weight excluding hydrogens is 268 g/mol. The second-order valence-electron chi connectivity index (χ2n) is 5.22. The van der Waals surface area contributed by atoms with E-state index in [1.54, 1.807) is 23.1 Å². The molecular formula is C16H20N2O3. The predicted molar refractivity (Wildman–Crippen MR) is 81.6 cm³/mol. The number of nitrogens with one attached hydrogen (secondary N) is 1. The maximum atomic E-state index is 12.0. The smallest absolute Gasteiger partial charge is 0.246 e. The zero-order valence-corrected chi connectivity index (χ0v) is 12.1. The van der Waals surface area contributed by atoms with E-state index in [0.29, 0.717) is 13.1 Å². The molecule has 21 heavy (non-hydrogen) atoms. The summed E-state index contributed by atoms with van der Waals surface area (Å²) in [5.74, 6) is -0.197. The van der Waals surface area contributed by atoms with Crippen molar-refractivity contribution in [1.29, 1.82) is 0 Å². The number of likely N-dealkylation sites (tertiary alicyclic amines) is 1. The van der Waals surface area contributed by atoms with E-state index in [2.05, 4.69) is 5.32 Å². The Hall–Kier alpha value is -2.14. The molecule has 2 amide bonds. The molecule has 5 heteroatoms. The van der Waals surface area contributed by atoms with Crippen LogP contribution in [-0.4, -0.2) is 41.0 Å². The molecule has 1 aliphatic heterocycles. The number of β-amino-alcohol motifs (C(OH)–C–C–N with tert-alkyl or cyclic N) is 1. The summed E-state index contributed by atoms with van der Waals surface area (Å²) in [6.07, 6.45) is 4.45. The maximum Gasteiger partial charge on any atom is 0.246 e. The fourth-order valence-electron chi connectivity index (χ4n) is 2.31. The number of amides is 2. The van der Waals surface area contributed by atoms with Crippen LogP contribution in [0.25, 0.3) is 6.08 Å². The van der Waals surface area contributed by atoms with Gasteiger partial charge in [0.2, 0.25) is 11.8 Å². The third-order valence-electron chi connectivity index (χ3n) is 3.36. The van der Waals surface area contributed by atoms with Gasteiger partial charge in [-0.1, -0.05) is 12.1 Å². The second-order valence-corrected chi connectivity index (χ2v) is 5.22. The molecule has 1 aromatic carbocycles. The molecule has 2 N–H and O–H groups in total. The van der Waals surface area contributed by atoms with E-state index in [1.165, 1.54) is 13.0 Å². The first-order chi connectivity index (χ1) is 10.0. The van der Waals surface area contributed by atoms with Crippen LogP contribution in [0.4, 0.5) is 5.69 Å². The highest BCUT2D eigenvalue weighted by Gasteiger charge is 2.20. The van der Waals surface area contributed by atoms with Crippen LogP contribution in [0.5, 0.6) is 0 Å². The number of nitrogens with zero attached hydrogens (tertiary/aromatic N) is 1. The van der Waals surface area contributed by atoms with E-state index < -0.39 is 6.10 Å². The Kier molecular flexibility index (Phi) is 5.11. The van der Waals surface area contributed by atoms with Crippen molar-refractivity contribution >= 4 is 23.6 Å². The minimum atomic E-state index is -0.409. The number of carbonyl (C=O) groups excluding carboxylic acids is 2. The van der Waals surface area contributed by atoms with Gasteiger partial charge in [-0.05, 0) is 36.6 Å². The number of piperidine rings is 1. The third kappa shape index (κ3) is 4.72. The molecule has 0 aliphatic carbocycles. The Morgan fingerprint density at radius 3 is 2.67 bits per heavy atom. The molecule has 0 aromatic heterocycles. The Morgan fingerprint density at radius 2 is 2.05 bits per heavy atom. The number of carbonyl (C=O) groups is 2. The molecule has 1 atom stereocenters. The third-order valence-corrected chi connectivity index (χ3v) is 3.36. The van der Waals surface area contributed by atoms with Crippen molar-refractivity contribution in [1.82, 2.24) is 4.90 Å². The van der Waals surface area contributed by atoms with Crippen LogP contribution < -0.4 is 5.32 Å². The van der Waals surface area contributed by atoms with Gasteiger partial charge in [0.15, 0.2) is 0 Å². The van der Waals surface area contributed by atoms with Crippen molar-refractivity contribution in [3.63, 3.8) is 0 Å². The molecule has 1 fully saturated rings. The molecule has 1 saturated heterocycles. The Bertz CT molecular complexity index is 537. The average Bonchev–Trinajstić information content (AvgIpc) is 2.45. The van der Waals surface area contributed by atoms with Crippen molar-refractivity contribution in [3.05, 3.63) is 35.9 Å². The van der Waals surface area contributed by atoms with Crippen molar-refractivity contribution in [3.8, 4) is 0 Å². The Balaban J connectivity index is 1.93. The summed E-state index contributed by atoms with van der Waals surface area (Å²) in [5.41, 5.74) is 1.61. The van der Waals surface area contributed by atoms with Gasteiger partial charge in [0.25, 0.3) is 0 Å². The summed E-state index contributed by atoms with van der Waals surface area (Å²) in [4.78, 5) is 24.6. The van der Waals surface area contributed by atoms with Crippen LogP contribution in [-0.2, 0) is 9.59 Å². The minimum absolute atomic E-state index is 0.0836. The number of anilines is 1. The van der Waals surface area contributed by atoms with Crippen molar-refractivity contribution in [2.75, 3.05) is 18.4 Å². The van der Waals surface area contributed by atoms with E-state index in [-0.39, 0.29) is 11.8 Å². The van der Waals surface area contributed by atoms with E-state index >= 15 is 0 Å². The zero-order chi connectivity index (χ0) is 15.2. The van der Waals surface area contributed by atoms with E-state index in [9.17, 15) is 14.7 Å². The number of hydrogen-bond acceptors (Lipinski definition) is 3. The van der Waals surface area contributed by atoms with Crippen LogP contribution in [0.3, 0.4) is 0 Å². The number of aliphatic hydroxyl groups is 1. The van der Waals surface area contributed by atoms with Crippen molar-refractivity contribution in [2.24, 2.45) is 0 Å². The van der Waals surface area contributed by atoms with Gasteiger partial charge in [0.1, 0.15) is 0 Å². The monoisotopic (exact) mass is 288 g/mol. The first-order valence-electron chi connectivity index (χ1n) is 7.07. The maximum absolute atomic E-state index is 12.0. The molecule has 112 valence electrons. The largest absolute Gasteiger partial charge is 0.391 e. The highest BCUT2D eigenvalue weighted by atomic mass is 16.3. The lowest BCUT2D eigenvalue weighted by Gasteiger charge is -2.29. The molecule has 1 aliphatic rings. The van der Waals surface area contributed by atoms with Gasteiger partial charge in [-0.15, -0.1) is 0 Å².